The maximum atomic E-state index is 14.0. The van der Waals surface area contributed by atoms with E-state index < -0.39 is 0 Å². The van der Waals surface area contributed by atoms with E-state index in [2.05, 4.69) is 15.5 Å². The van der Waals surface area contributed by atoms with Crippen LogP contribution >= 0.6 is 11.8 Å². The number of carbonyl (C=O) groups is 2. The van der Waals surface area contributed by atoms with E-state index in [1.165, 1.54) is 24.8 Å². The van der Waals surface area contributed by atoms with Crippen LogP contribution in [0.1, 0.15) is 19.8 Å². The number of hydrogen-bond acceptors (Lipinski definition) is 5. The first-order chi connectivity index (χ1) is 13.0. The van der Waals surface area contributed by atoms with Gasteiger partial charge in [-0.2, -0.15) is 0 Å². The average Bonchev–Trinajstić information content (AvgIpc) is 3.00. The lowest BCUT2D eigenvalue weighted by molar-refractivity contribution is -0.130. The van der Waals surface area contributed by atoms with Gasteiger partial charge in [0.05, 0.1) is 11.3 Å². The zero-order chi connectivity index (χ0) is 19.4. The smallest absolute Gasteiger partial charge is 0.233 e. The summed E-state index contributed by atoms with van der Waals surface area (Å²) in [4.78, 5) is 25.5. The first-order valence-corrected chi connectivity index (χ1v) is 9.76. The number of rotatable bonds is 5. The van der Waals surface area contributed by atoms with Gasteiger partial charge in [-0.15, -0.1) is 10.2 Å². The van der Waals surface area contributed by atoms with Crippen molar-refractivity contribution in [1.29, 1.82) is 0 Å². The molecule has 1 atom stereocenters. The summed E-state index contributed by atoms with van der Waals surface area (Å²) < 4.78 is 15.7. The van der Waals surface area contributed by atoms with Gasteiger partial charge in [-0.3, -0.25) is 9.59 Å². The predicted octanol–water partition coefficient (Wildman–Crippen LogP) is 1.84. The van der Waals surface area contributed by atoms with E-state index >= 15 is 0 Å². The van der Waals surface area contributed by atoms with Crippen LogP contribution in [0.4, 0.5) is 4.39 Å². The van der Waals surface area contributed by atoms with Crippen molar-refractivity contribution in [1.82, 2.24) is 25.0 Å². The Kier molecular flexibility index (Phi) is 6.10. The number of benzene rings is 1. The molecule has 9 heteroatoms. The molecule has 2 aromatic rings. The second kappa shape index (κ2) is 8.51. The van der Waals surface area contributed by atoms with Crippen LogP contribution < -0.4 is 5.32 Å². The van der Waals surface area contributed by atoms with Crippen LogP contribution in [0.5, 0.6) is 0 Å². The molecule has 0 bridgehead atoms. The molecule has 2 heterocycles. The molecule has 0 saturated carbocycles. The van der Waals surface area contributed by atoms with Crippen molar-refractivity contribution in [2.24, 2.45) is 7.05 Å². The Morgan fingerprint density at radius 2 is 2.11 bits per heavy atom. The molecule has 1 aromatic heterocycles. The highest BCUT2D eigenvalue weighted by molar-refractivity contribution is 7.99. The van der Waals surface area contributed by atoms with Crippen LogP contribution in [0.3, 0.4) is 0 Å². The Labute approximate surface area is 161 Å². The number of likely N-dealkylation sites (tertiary alicyclic amines) is 1. The highest BCUT2D eigenvalue weighted by Gasteiger charge is 2.24. The second-order valence-electron chi connectivity index (χ2n) is 6.51. The molecule has 0 spiro atoms. The molecular weight excluding hydrogens is 369 g/mol. The highest BCUT2D eigenvalue weighted by atomic mass is 32.2. The van der Waals surface area contributed by atoms with E-state index in [0.29, 0.717) is 29.6 Å². The van der Waals surface area contributed by atoms with Gasteiger partial charge in [0, 0.05) is 33.1 Å². The van der Waals surface area contributed by atoms with Crippen LogP contribution in [0.15, 0.2) is 29.4 Å². The Balaban J connectivity index is 1.61. The minimum Gasteiger partial charge on any atom is -0.352 e. The van der Waals surface area contributed by atoms with Gasteiger partial charge in [0.25, 0.3) is 0 Å². The number of nitrogens with one attached hydrogen (secondary N) is 1. The van der Waals surface area contributed by atoms with E-state index in [-0.39, 0.29) is 29.4 Å². The molecule has 27 heavy (non-hydrogen) atoms. The molecule has 1 aromatic carbocycles. The lowest BCUT2D eigenvalue weighted by atomic mass is 10.1. The summed E-state index contributed by atoms with van der Waals surface area (Å²) in [5, 5.41) is 11.6. The van der Waals surface area contributed by atoms with Crippen molar-refractivity contribution < 1.29 is 14.0 Å². The number of aromatic nitrogens is 3. The summed E-state index contributed by atoms with van der Waals surface area (Å²) in [5.41, 5.74) is 0.375. The molecule has 3 rings (SSSR count). The first kappa shape index (κ1) is 19.3. The summed E-state index contributed by atoms with van der Waals surface area (Å²) >= 11 is 1.27. The summed E-state index contributed by atoms with van der Waals surface area (Å²) in [6.07, 6.45) is 1.74. The third kappa shape index (κ3) is 4.65. The summed E-state index contributed by atoms with van der Waals surface area (Å²) in [6, 6.07) is 6.39. The number of nitrogens with zero attached hydrogens (tertiary/aromatic N) is 4. The van der Waals surface area contributed by atoms with E-state index in [1.54, 1.807) is 34.7 Å². The fraction of sp³-hybridized carbons (Fsp3) is 0.444. The summed E-state index contributed by atoms with van der Waals surface area (Å²) in [6.45, 7) is 2.70. The minimum absolute atomic E-state index is 0.00712. The largest absolute Gasteiger partial charge is 0.352 e. The van der Waals surface area contributed by atoms with Gasteiger partial charge in [-0.05, 0) is 25.0 Å². The molecule has 0 aliphatic carbocycles. The predicted molar refractivity (Wildman–Crippen MR) is 101 cm³/mol. The van der Waals surface area contributed by atoms with Gasteiger partial charge in [0.1, 0.15) is 5.82 Å². The lowest BCUT2D eigenvalue weighted by Crippen LogP contribution is -2.49. The fourth-order valence-corrected chi connectivity index (χ4v) is 3.96. The number of amides is 2. The molecular formula is C18H22FN5O2S. The monoisotopic (exact) mass is 391 g/mol. The normalized spacial score (nSPS) is 17.0. The zero-order valence-electron chi connectivity index (χ0n) is 15.3. The summed E-state index contributed by atoms with van der Waals surface area (Å²) in [5.74, 6) is 0.189. The van der Waals surface area contributed by atoms with Crippen molar-refractivity contribution in [3.8, 4) is 11.4 Å². The van der Waals surface area contributed by atoms with Crippen LogP contribution in [-0.2, 0) is 16.6 Å². The van der Waals surface area contributed by atoms with Crippen molar-refractivity contribution in [3.63, 3.8) is 0 Å². The molecule has 1 fully saturated rings. The summed E-state index contributed by atoms with van der Waals surface area (Å²) in [7, 11) is 1.75. The Bertz CT molecular complexity index is 841. The van der Waals surface area contributed by atoms with Crippen molar-refractivity contribution >= 4 is 23.6 Å². The number of halogens is 1. The van der Waals surface area contributed by atoms with E-state index in [9.17, 15) is 14.0 Å². The molecule has 1 aliphatic rings. The van der Waals surface area contributed by atoms with Crippen LogP contribution in [-0.4, -0.2) is 56.4 Å². The quantitative estimate of drug-likeness (QED) is 0.787. The Morgan fingerprint density at radius 1 is 1.33 bits per heavy atom. The van der Waals surface area contributed by atoms with Crippen molar-refractivity contribution in [3.05, 3.63) is 30.1 Å². The van der Waals surface area contributed by atoms with Gasteiger partial charge < -0.3 is 14.8 Å². The van der Waals surface area contributed by atoms with Crippen molar-refractivity contribution in [2.45, 2.75) is 31.0 Å². The molecule has 1 aliphatic heterocycles. The third-order valence-corrected chi connectivity index (χ3v) is 5.46. The number of carbonyl (C=O) groups excluding carboxylic acids is 2. The molecule has 144 valence electrons. The van der Waals surface area contributed by atoms with Gasteiger partial charge in [-0.1, -0.05) is 23.9 Å². The fourth-order valence-electron chi connectivity index (χ4n) is 3.14. The van der Waals surface area contributed by atoms with E-state index in [1.807, 2.05) is 0 Å². The van der Waals surface area contributed by atoms with E-state index in [0.717, 1.165) is 12.8 Å². The zero-order valence-corrected chi connectivity index (χ0v) is 16.1. The molecule has 7 nitrogen and oxygen atoms in total. The maximum absolute atomic E-state index is 14.0. The number of thioether (sulfide) groups is 1. The average molecular weight is 391 g/mol. The standard InChI is InChI=1S/C18H22FN5O2S/c1-12(25)20-13-6-5-9-24(10-13)16(26)11-27-18-22-21-17(23(18)2)14-7-3-4-8-15(14)19/h3-4,7-8,13H,5-6,9-11H2,1-2H3,(H,20,25). The second-order valence-corrected chi connectivity index (χ2v) is 7.46. The molecule has 1 saturated heterocycles. The van der Waals surface area contributed by atoms with Crippen LogP contribution in [0.2, 0.25) is 0 Å². The van der Waals surface area contributed by atoms with Gasteiger partial charge in [-0.25, -0.2) is 4.39 Å². The molecule has 0 radical (unpaired) electrons. The van der Waals surface area contributed by atoms with Gasteiger partial charge >= 0.3 is 0 Å². The molecule has 1 N–H and O–H groups in total. The molecule has 1 unspecified atom stereocenters. The van der Waals surface area contributed by atoms with Gasteiger partial charge in [0.15, 0.2) is 11.0 Å². The van der Waals surface area contributed by atoms with Crippen LogP contribution in [0, 0.1) is 5.82 Å². The van der Waals surface area contributed by atoms with Gasteiger partial charge in [0.2, 0.25) is 11.8 Å². The van der Waals surface area contributed by atoms with Crippen molar-refractivity contribution in [2.75, 3.05) is 18.8 Å². The van der Waals surface area contributed by atoms with E-state index in [4.69, 9.17) is 0 Å². The topological polar surface area (TPSA) is 80.1 Å². The lowest BCUT2D eigenvalue weighted by Gasteiger charge is -2.32. The Morgan fingerprint density at radius 3 is 2.85 bits per heavy atom. The first-order valence-electron chi connectivity index (χ1n) is 8.77. The Hall–Kier alpha value is -2.42. The van der Waals surface area contributed by atoms with Crippen LogP contribution in [0.25, 0.3) is 11.4 Å². The SMILES string of the molecule is CC(=O)NC1CCCN(C(=O)CSc2nnc(-c3ccccc3F)n2C)C1. The maximum Gasteiger partial charge on any atom is 0.233 e. The minimum atomic E-state index is -0.363. The number of hydrogen-bond donors (Lipinski definition) is 1. The molecule has 2 amide bonds. The highest BCUT2D eigenvalue weighted by Crippen LogP contribution is 2.25. The third-order valence-electron chi connectivity index (χ3n) is 4.46. The number of piperidine rings is 1.